The number of nitrogens with one attached hydrogen (secondary N) is 1. The average molecular weight is 369 g/mol. The van der Waals surface area contributed by atoms with Gasteiger partial charge in [-0.25, -0.2) is 4.68 Å². The molecule has 1 aliphatic heterocycles. The summed E-state index contributed by atoms with van der Waals surface area (Å²) in [6.07, 6.45) is 2.40. The number of nitrogens with zero attached hydrogens (tertiary/aromatic N) is 3. The number of Topliss-reactive ketones (excluding diaryl/α,β-unsaturated/α-hetero) is 1. The highest BCUT2D eigenvalue weighted by Gasteiger charge is 2.36. The fraction of sp³-hybridized carbons (Fsp3) is 0.450. The van der Waals surface area contributed by atoms with Crippen LogP contribution in [-0.2, 0) is 4.79 Å². The molecule has 0 amide bonds. The van der Waals surface area contributed by atoms with Gasteiger partial charge in [-0.2, -0.15) is 4.98 Å². The fourth-order valence-corrected chi connectivity index (χ4v) is 4.25. The third-order valence-electron chi connectivity index (χ3n) is 5.04. The van der Waals surface area contributed by atoms with Crippen LogP contribution in [0.15, 0.2) is 40.7 Å². The van der Waals surface area contributed by atoms with Crippen LogP contribution in [0.3, 0.4) is 0 Å². The predicted octanol–water partition coefficient (Wildman–Crippen LogP) is 4.54. The maximum absolute atomic E-state index is 12.8. The zero-order chi connectivity index (χ0) is 18.3. The van der Waals surface area contributed by atoms with E-state index in [0.717, 1.165) is 46.5 Å². The Morgan fingerprint density at radius 2 is 2.04 bits per heavy atom. The molecular formula is C20H24N4OS. The lowest BCUT2D eigenvalue weighted by molar-refractivity contribution is -0.116. The van der Waals surface area contributed by atoms with Crippen molar-refractivity contribution in [1.29, 1.82) is 0 Å². The van der Waals surface area contributed by atoms with E-state index in [9.17, 15) is 4.79 Å². The van der Waals surface area contributed by atoms with Crippen LogP contribution in [0.25, 0.3) is 0 Å². The minimum absolute atomic E-state index is 0.186. The van der Waals surface area contributed by atoms with Crippen LogP contribution in [0.1, 0.15) is 63.1 Å². The van der Waals surface area contributed by atoms with E-state index in [1.54, 1.807) is 11.8 Å². The molecule has 1 atom stereocenters. The average Bonchev–Trinajstić information content (AvgIpc) is 3.02. The lowest BCUT2D eigenvalue weighted by atomic mass is 9.85. The highest BCUT2D eigenvalue weighted by molar-refractivity contribution is 7.99. The second kappa shape index (κ2) is 6.91. The Balaban J connectivity index is 1.83. The van der Waals surface area contributed by atoms with Crippen LogP contribution in [0, 0.1) is 0 Å². The third kappa shape index (κ3) is 2.96. The molecule has 0 saturated heterocycles. The number of aromatic nitrogens is 3. The molecule has 0 radical (unpaired) electrons. The van der Waals surface area contributed by atoms with Crippen LogP contribution in [-0.4, -0.2) is 26.3 Å². The van der Waals surface area contributed by atoms with Gasteiger partial charge in [-0.15, -0.1) is 5.10 Å². The molecule has 2 aliphatic rings. The van der Waals surface area contributed by atoms with Crippen LogP contribution in [0.4, 0.5) is 5.95 Å². The van der Waals surface area contributed by atoms with E-state index in [2.05, 4.69) is 55.3 Å². The Morgan fingerprint density at radius 3 is 2.73 bits per heavy atom. The van der Waals surface area contributed by atoms with Gasteiger partial charge in [0.05, 0.1) is 0 Å². The molecule has 0 bridgehead atoms. The lowest BCUT2D eigenvalue weighted by Gasteiger charge is -2.32. The first-order valence-electron chi connectivity index (χ1n) is 9.31. The summed E-state index contributed by atoms with van der Waals surface area (Å²) in [6, 6.07) is 8.40. The molecule has 2 heterocycles. The highest BCUT2D eigenvalue weighted by Crippen LogP contribution is 2.40. The highest BCUT2D eigenvalue weighted by atomic mass is 32.2. The fourth-order valence-electron chi connectivity index (χ4n) is 3.70. The minimum atomic E-state index is -0.186. The van der Waals surface area contributed by atoms with Gasteiger partial charge in [0.1, 0.15) is 6.04 Å². The standard InChI is InChI=1S/C20H24N4OS/c1-4-26-20-22-19-21-15-6-5-7-16(25)17(15)18(24(19)23-20)14-10-8-13(9-11-14)12(2)3/h8-12,18H,4-7H2,1-3H3,(H,21,22,23)/t18-/m0/s1. The number of carbonyl (C=O) groups is 1. The van der Waals surface area contributed by atoms with E-state index >= 15 is 0 Å². The number of fused-ring (bicyclic) bond motifs is 1. The van der Waals surface area contributed by atoms with E-state index in [1.807, 2.05) is 4.68 Å². The van der Waals surface area contributed by atoms with E-state index in [4.69, 9.17) is 5.10 Å². The van der Waals surface area contributed by atoms with Crippen molar-refractivity contribution in [3.63, 3.8) is 0 Å². The maximum atomic E-state index is 12.8. The molecule has 1 aromatic carbocycles. The molecular weight excluding hydrogens is 344 g/mol. The SMILES string of the molecule is CCSc1nc2n(n1)[C@@H](c1ccc(C(C)C)cc1)C1=C(CCCC1=O)N2. The van der Waals surface area contributed by atoms with Gasteiger partial charge in [-0.3, -0.25) is 4.79 Å². The van der Waals surface area contributed by atoms with Crippen molar-refractivity contribution < 1.29 is 4.79 Å². The summed E-state index contributed by atoms with van der Waals surface area (Å²) < 4.78 is 1.89. The Hall–Kier alpha value is -2.08. The van der Waals surface area contributed by atoms with Gasteiger partial charge in [0.25, 0.3) is 0 Å². The summed E-state index contributed by atoms with van der Waals surface area (Å²) in [7, 11) is 0. The number of hydrogen-bond acceptors (Lipinski definition) is 5. The molecule has 1 aromatic heterocycles. The van der Waals surface area contributed by atoms with Crippen molar-refractivity contribution in [3.8, 4) is 0 Å². The van der Waals surface area contributed by atoms with Gasteiger partial charge >= 0.3 is 0 Å². The van der Waals surface area contributed by atoms with Gasteiger partial charge < -0.3 is 5.32 Å². The molecule has 4 rings (SSSR count). The van der Waals surface area contributed by atoms with Crippen molar-refractivity contribution in [2.45, 2.75) is 57.1 Å². The number of ketones is 1. The first kappa shape index (κ1) is 17.3. The van der Waals surface area contributed by atoms with Gasteiger partial charge in [0.15, 0.2) is 5.78 Å². The molecule has 0 unspecified atom stereocenters. The second-order valence-corrected chi connectivity index (χ2v) is 8.34. The number of thioether (sulfide) groups is 1. The summed E-state index contributed by atoms with van der Waals surface area (Å²) in [5, 5.41) is 8.83. The van der Waals surface area contributed by atoms with E-state index < -0.39 is 0 Å². The van der Waals surface area contributed by atoms with Crippen LogP contribution in [0.2, 0.25) is 0 Å². The van der Waals surface area contributed by atoms with E-state index in [1.165, 1.54) is 5.56 Å². The number of benzene rings is 1. The summed E-state index contributed by atoms with van der Waals surface area (Å²) >= 11 is 1.62. The first-order chi connectivity index (χ1) is 12.6. The summed E-state index contributed by atoms with van der Waals surface area (Å²) in [6.45, 7) is 6.47. The zero-order valence-corrected chi connectivity index (χ0v) is 16.3. The van der Waals surface area contributed by atoms with Crippen molar-refractivity contribution in [2.75, 3.05) is 11.1 Å². The number of anilines is 1. The van der Waals surface area contributed by atoms with Crippen molar-refractivity contribution in [2.24, 2.45) is 0 Å². The minimum Gasteiger partial charge on any atom is -0.328 e. The first-order valence-corrected chi connectivity index (χ1v) is 10.3. The molecule has 136 valence electrons. The van der Waals surface area contributed by atoms with Crippen molar-refractivity contribution in [3.05, 3.63) is 46.7 Å². The van der Waals surface area contributed by atoms with Gasteiger partial charge in [-0.05, 0) is 35.6 Å². The van der Waals surface area contributed by atoms with Crippen molar-refractivity contribution >= 4 is 23.5 Å². The summed E-state index contributed by atoms with van der Waals surface area (Å²) in [5.41, 5.74) is 4.27. The molecule has 2 aromatic rings. The zero-order valence-electron chi connectivity index (χ0n) is 15.5. The second-order valence-electron chi connectivity index (χ2n) is 7.11. The number of hydrogen-bond donors (Lipinski definition) is 1. The van der Waals surface area contributed by atoms with Crippen molar-refractivity contribution in [1.82, 2.24) is 14.8 Å². The molecule has 1 N–H and O–H groups in total. The molecule has 6 heteroatoms. The summed E-state index contributed by atoms with van der Waals surface area (Å²) in [4.78, 5) is 17.4. The number of allylic oxidation sites excluding steroid dienone is 2. The maximum Gasteiger partial charge on any atom is 0.227 e. The van der Waals surface area contributed by atoms with Crippen LogP contribution in [0.5, 0.6) is 0 Å². The Bertz CT molecular complexity index is 866. The molecule has 0 spiro atoms. The number of rotatable bonds is 4. The quantitative estimate of drug-likeness (QED) is 0.803. The molecule has 0 fully saturated rings. The van der Waals surface area contributed by atoms with Crippen LogP contribution >= 0.6 is 11.8 Å². The smallest absolute Gasteiger partial charge is 0.227 e. The van der Waals surface area contributed by atoms with E-state index in [0.29, 0.717) is 12.3 Å². The Morgan fingerprint density at radius 1 is 1.27 bits per heavy atom. The largest absolute Gasteiger partial charge is 0.328 e. The summed E-state index contributed by atoms with van der Waals surface area (Å²) in [5.74, 6) is 2.37. The molecule has 5 nitrogen and oxygen atoms in total. The molecule has 1 aliphatic carbocycles. The lowest BCUT2D eigenvalue weighted by Crippen LogP contribution is -2.31. The third-order valence-corrected chi connectivity index (χ3v) is 5.76. The normalized spacial score (nSPS) is 19.4. The molecule has 0 saturated carbocycles. The van der Waals surface area contributed by atoms with Gasteiger partial charge in [-0.1, -0.05) is 56.8 Å². The predicted molar refractivity (Wildman–Crippen MR) is 105 cm³/mol. The Kier molecular flexibility index (Phi) is 4.61. The van der Waals surface area contributed by atoms with Gasteiger partial charge in [0.2, 0.25) is 11.1 Å². The van der Waals surface area contributed by atoms with E-state index in [-0.39, 0.29) is 11.8 Å². The van der Waals surface area contributed by atoms with Crippen LogP contribution < -0.4 is 5.32 Å². The monoisotopic (exact) mass is 368 g/mol. The van der Waals surface area contributed by atoms with Gasteiger partial charge in [0, 0.05) is 17.7 Å². The molecule has 26 heavy (non-hydrogen) atoms. The Labute approximate surface area is 158 Å². The number of carbonyl (C=O) groups excluding carboxylic acids is 1. The topological polar surface area (TPSA) is 59.8 Å².